The van der Waals surface area contributed by atoms with Crippen molar-refractivity contribution in [1.29, 1.82) is 0 Å². The maximum Gasteiger partial charge on any atom is 0.254 e. The van der Waals surface area contributed by atoms with Crippen molar-refractivity contribution >= 4 is 11.7 Å². The Hall–Kier alpha value is -4.11. The minimum Gasteiger partial charge on any atom is -0.394 e. The van der Waals surface area contributed by atoms with E-state index in [0.717, 1.165) is 11.1 Å². The molecule has 2 aromatic heterocycles. The fourth-order valence-corrected chi connectivity index (χ4v) is 3.16. The van der Waals surface area contributed by atoms with E-state index in [-0.39, 0.29) is 18.0 Å². The topological polar surface area (TPSA) is 130 Å². The number of aliphatic hydroxyl groups excluding tert-OH is 1. The normalized spacial score (nSPS) is 11.8. The van der Waals surface area contributed by atoms with Crippen LogP contribution in [0.4, 0.5) is 10.2 Å². The highest BCUT2D eigenvalue weighted by molar-refractivity contribution is 5.95. The number of aliphatic hydroxyl groups is 1. The molecular formula is C22H19FN6O2. The summed E-state index contributed by atoms with van der Waals surface area (Å²) in [5.41, 5.74) is 8.53. The number of benzene rings is 2. The zero-order valence-electron chi connectivity index (χ0n) is 16.3. The molecule has 0 unspecified atom stereocenters. The van der Waals surface area contributed by atoms with Crippen LogP contribution in [0.1, 0.15) is 22.0 Å². The van der Waals surface area contributed by atoms with Gasteiger partial charge in [-0.3, -0.25) is 14.9 Å². The average molecular weight is 418 g/mol. The number of halogens is 1. The third-order valence-corrected chi connectivity index (χ3v) is 4.77. The second-order valence-electron chi connectivity index (χ2n) is 6.79. The van der Waals surface area contributed by atoms with Gasteiger partial charge < -0.3 is 16.2 Å². The number of nitrogens with two attached hydrogens (primary N) is 1. The highest BCUT2D eigenvalue weighted by Crippen LogP contribution is 2.27. The van der Waals surface area contributed by atoms with Crippen LogP contribution in [-0.4, -0.2) is 37.8 Å². The Balaban J connectivity index is 1.56. The Bertz CT molecular complexity index is 1200. The number of amides is 1. The first-order valence-corrected chi connectivity index (χ1v) is 9.45. The summed E-state index contributed by atoms with van der Waals surface area (Å²) in [6, 6.07) is 12.4. The molecule has 4 rings (SSSR count). The standard InChI is InChI=1S/C22H19FN6O2/c23-17-8-14(20-21(24)28-18(11-25-20)15-9-26-27-10-15)6-7-16(17)22(31)29-19(12-30)13-4-2-1-3-5-13/h1-11,19,30H,12H2,(H2,24,28)(H,26,27)(H,29,31)/t19-/m1/s1. The van der Waals surface area contributed by atoms with Crippen LogP contribution >= 0.6 is 0 Å². The van der Waals surface area contributed by atoms with Crippen LogP contribution in [0.5, 0.6) is 0 Å². The Kier molecular flexibility index (Phi) is 5.67. The first-order chi connectivity index (χ1) is 15.1. The van der Waals surface area contributed by atoms with Crippen molar-refractivity contribution in [1.82, 2.24) is 25.5 Å². The maximum atomic E-state index is 14.8. The Morgan fingerprint density at radius 1 is 1.16 bits per heavy atom. The molecule has 1 amide bonds. The lowest BCUT2D eigenvalue weighted by molar-refractivity contribution is 0.0912. The number of anilines is 1. The smallest absolute Gasteiger partial charge is 0.254 e. The monoisotopic (exact) mass is 418 g/mol. The van der Waals surface area contributed by atoms with Gasteiger partial charge in [0.1, 0.15) is 11.5 Å². The van der Waals surface area contributed by atoms with Crippen molar-refractivity contribution in [2.75, 3.05) is 12.3 Å². The van der Waals surface area contributed by atoms with E-state index in [1.165, 1.54) is 18.3 Å². The quantitative estimate of drug-likeness (QED) is 0.381. The van der Waals surface area contributed by atoms with Gasteiger partial charge in [0.15, 0.2) is 5.82 Å². The molecule has 8 nitrogen and oxygen atoms in total. The SMILES string of the molecule is Nc1nc(-c2cn[nH]c2)cnc1-c1ccc(C(=O)N[C@H](CO)c2ccccc2)c(F)c1. The van der Waals surface area contributed by atoms with Crippen LogP contribution in [0.15, 0.2) is 67.1 Å². The number of aromatic amines is 1. The van der Waals surface area contributed by atoms with Crippen molar-refractivity contribution in [3.63, 3.8) is 0 Å². The lowest BCUT2D eigenvalue weighted by Crippen LogP contribution is -2.31. The van der Waals surface area contributed by atoms with Gasteiger partial charge in [0, 0.05) is 17.3 Å². The zero-order chi connectivity index (χ0) is 21.8. The first kappa shape index (κ1) is 20.2. The molecule has 0 saturated carbocycles. The lowest BCUT2D eigenvalue weighted by Gasteiger charge is -2.17. The summed E-state index contributed by atoms with van der Waals surface area (Å²) in [7, 11) is 0. The van der Waals surface area contributed by atoms with Crippen LogP contribution in [0.3, 0.4) is 0 Å². The molecule has 9 heteroatoms. The third kappa shape index (κ3) is 4.26. The number of nitrogens with zero attached hydrogens (tertiary/aromatic N) is 3. The van der Waals surface area contributed by atoms with Gasteiger partial charge in [-0.25, -0.2) is 9.37 Å². The maximum absolute atomic E-state index is 14.8. The summed E-state index contributed by atoms with van der Waals surface area (Å²) in [4.78, 5) is 21.2. The summed E-state index contributed by atoms with van der Waals surface area (Å²) < 4.78 is 14.8. The second-order valence-corrected chi connectivity index (χ2v) is 6.79. The number of hydrogen-bond donors (Lipinski definition) is 4. The Morgan fingerprint density at radius 2 is 1.97 bits per heavy atom. The summed E-state index contributed by atoms with van der Waals surface area (Å²) in [5, 5.41) is 18.8. The number of rotatable bonds is 6. The molecule has 0 aliphatic rings. The molecule has 0 saturated heterocycles. The van der Waals surface area contributed by atoms with E-state index in [2.05, 4.69) is 25.5 Å². The Labute approximate surface area is 177 Å². The largest absolute Gasteiger partial charge is 0.394 e. The van der Waals surface area contributed by atoms with E-state index < -0.39 is 17.8 Å². The third-order valence-electron chi connectivity index (χ3n) is 4.77. The molecular weight excluding hydrogens is 399 g/mol. The van der Waals surface area contributed by atoms with E-state index in [0.29, 0.717) is 17.0 Å². The number of H-pyrrole nitrogens is 1. The van der Waals surface area contributed by atoms with Gasteiger partial charge >= 0.3 is 0 Å². The molecule has 156 valence electrons. The van der Waals surface area contributed by atoms with Crippen molar-refractivity contribution in [2.45, 2.75) is 6.04 Å². The molecule has 0 aliphatic carbocycles. The van der Waals surface area contributed by atoms with Gasteiger partial charge in [0.2, 0.25) is 0 Å². The predicted molar refractivity (Wildman–Crippen MR) is 113 cm³/mol. The van der Waals surface area contributed by atoms with Crippen LogP contribution in [0, 0.1) is 5.82 Å². The van der Waals surface area contributed by atoms with E-state index in [1.54, 1.807) is 42.7 Å². The van der Waals surface area contributed by atoms with Crippen LogP contribution < -0.4 is 11.1 Å². The number of carbonyl (C=O) groups excluding carboxylic acids is 1. The van der Waals surface area contributed by atoms with Crippen LogP contribution in [-0.2, 0) is 0 Å². The highest BCUT2D eigenvalue weighted by Gasteiger charge is 2.19. The van der Waals surface area contributed by atoms with Gasteiger partial charge in [-0.2, -0.15) is 5.10 Å². The summed E-state index contributed by atoms with van der Waals surface area (Å²) in [6.07, 6.45) is 4.76. The number of carbonyl (C=O) groups is 1. The van der Waals surface area contributed by atoms with Crippen molar-refractivity contribution in [3.05, 3.63) is 84.1 Å². The van der Waals surface area contributed by atoms with E-state index >= 15 is 0 Å². The number of nitrogens with one attached hydrogen (secondary N) is 2. The molecule has 2 aromatic carbocycles. The van der Waals surface area contributed by atoms with Crippen molar-refractivity contribution in [3.8, 4) is 22.5 Å². The molecule has 4 aromatic rings. The van der Waals surface area contributed by atoms with Crippen molar-refractivity contribution < 1.29 is 14.3 Å². The van der Waals surface area contributed by atoms with Gasteiger partial charge in [0.25, 0.3) is 5.91 Å². The molecule has 0 fully saturated rings. The fourth-order valence-electron chi connectivity index (χ4n) is 3.16. The summed E-state index contributed by atoms with van der Waals surface area (Å²) >= 11 is 0. The van der Waals surface area contributed by atoms with Gasteiger partial charge in [-0.15, -0.1) is 0 Å². The zero-order valence-corrected chi connectivity index (χ0v) is 16.3. The van der Waals surface area contributed by atoms with E-state index in [1.807, 2.05) is 6.07 Å². The van der Waals surface area contributed by atoms with Crippen LogP contribution in [0.2, 0.25) is 0 Å². The molecule has 31 heavy (non-hydrogen) atoms. The number of nitrogen functional groups attached to an aromatic ring is 1. The molecule has 2 heterocycles. The lowest BCUT2D eigenvalue weighted by atomic mass is 10.0. The predicted octanol–water partition coefficient (Wildman–Crippen LogP) is 2.72. The van der Waals surface area contributed by atoms with Gasteiger partial charge in [-0.1, -0.05) is 36.4 Å². The van der Waals surface area contributed by atoms with E-state index in [9.17, 15) is 14.3 Å². The minimum atomic E-state index is -0.736. The molecule has 0 radical (unpaired) electrons. The minimum absolute atomic E-state index is 0.125. The summed E-state index contributed by atoms with van der Waals surface area (Å²) in [6.45, 7) is -0.315. The summed E-state index contributed by atoms with van der Waals surface area (Å²) in [5.74, 6) is -1.25. The number of aromatic nitrogens is 4. The van der Waals surface area contributed by atoms with Gasteiger partial charge in [-0.05, 0) is 17.7 Å². The highest BCUT2D eigenvalue weighted by atomic mass is 19.1. The molecule has 5 N–H and O–H groups in total. The number of hydrogen-bond acceptors (Lipinski definition) is 6. The second kappa shape index (κ2) is 8.72. The molecule has 0 spiro atoms. The average Bonchev–Trinajstić information content (AvgIpc) is 3.33. The Morgan fingerprint density at radius 3 is 2.61 bits per heavy atom. The van der Waals surface area contributed by atoms with Crippen LogP contribution in [0.25, 0.3) is 22.5 Å². The van der Waals surface area contributed by atoms with Gasteiger partial charge in [0.05, 0.1) is 36.3 Å². The molecule has 1 atom stereocenters. The molecule has 0 aliphatic heterocycles. The fraction of sp³-hybridized carbons (Fsp3) is 0.0909. The first-order valence-electron chi connectivity index (χ1n) is 9.45. The van der Waals surface area contributed by atoms with E-state index in [4.69, 9.17) is 5.73 Å². The van der Waals surface area contributed by atoms with Crippen molar-refractivity contribution in [2.24, 2.45) is 0 Å². The molecule has 0 bridgehead atoms.